The van der Waals surface area contributed by atoms with E-state index in [4.69, 9.17) is 0 Å². The van der Waals surface area contributed by atoms with Crippen molar-refractivity contribution in [2.75, 3.05) is 6.54 Å². The Kier molecular flexibility index (Phi) is 4.84. The predicted octanol–water partition coefficient (Wildman–Crippen LogP) is 2.94. The number of nitrogens with one attached hydrogen (secondary N) is 1. The molecular weight excluding hydrogens is 290 g/mol. The first-order valence-corrected chi connectivity index (χ1v) is 6.83. The maximum atomic E-state index is 4.40. The monoisotopic (exact) mass is 305 g/mol. The summed E-state index contributed by atoms with van der Waals surface area (Å²) >= 11 is 3.54. The van der Waals surface area contributed by atoms with Crippen molar-refractivity contribution in [2.45, 2.75) is 19.9 Å². The summed E-state index contributed by atoms with van der Waals surface area (Å²) in [6.45, 7) is 3.87. The average Bonchev–Trinajstić information content (AvgIpc) is 2.41. The lowest BCUT2D eigenvalue weighted by atomic mass is 10.1. The smallest absolute Gasteiger partial charge is 0.132 e. The SMILES string of the molecule is CCNCc1cnc(Cc2ccccc2Br)nc1. The van der Waals surface area contributed by atoms with Gasteiger partial charge in [0.15, 0.2) is 0 Å². The maximum absolute atomic E-state index is 4.40. The van der Waals surface area contributed by atoms with E-state index >= 15 is 0 Å². The third-order valence-corrected chi connectivity index (χ3v) is 3.42. The summed E-state index contributed by atoms with van der Waals surface area (Å²) in [4.78, 5) is 8.79. The average molecular weight is 306 g/mol. The molecule has 0 aliphatic heterocycles. The Balaban J connectivity index is 2.04. The van der Waals surface area contributed by atoms with Gasteiger partial charge >= 0.3 is 0 Å². The van der Waals surface area contributed by atoms with Crippen LogP contribution in [0.5, 0.6) is 0 Å². The highest BCUT2D eigenvalue weighted by Gasteiger charge is 2.03. The number of rotatable bonds is 5. The molecule has 0 radical (unpaired) electrons. The lowest BCUT2D eigenvalue weighted by molar-refractivity contribution is 0.718. The van der Waals surface area contributed by atoms with Crippen molar-refractivity contribution >= 4 is 15.9 Å². The van der Waals surface area contributed by atoms with Gasteiger partial charge in [-0.1, -0.05) is 41.1 Å². The predicted molar refractivity (Wildman–Crippen MR) is 76.4 cm³/mol. The van der Waals surface area contributed by atoms with Crippen molar-refractivity contribution in [3.63, 3.8) is 0 Å². The summed E-state index contributed by atoms with van der Waals surface area (Å²) in [6, 6.07) is 8.16. The number of hydrogen-bond acceptors (Lipinski definition) is 3. The molecule has 3 nitrogen and oxygen atoms in total. The van der Waals surface area contributed by atoms with Crippen molar-refractivity contribution in [3.8, 4) is 0 Å². The summed E-state index contributed by atoms with van der Waals surface area (Å²) in [5.74, 6) is 0.849. The van der Waals surface area contributed by atoms with Gasteiger partial charge < -0.3 is 5.32 Å². The Labute approximate surface area is 116 Å². The molecule has 18 heavy (non-hydrogen) atoms. The molecule has 1 aromatic carbocycles. The summed E-state index contributed by atoms with van der Waals surface area (Å²) in [6.07, 6.45) is 4.53. The Hall–Kier alpha value is -1.26. The highest BCUT2D eigenvalue weighted by atomic mass is 79.9. The molecule has 4 heteroatoms. The minimum Gasteiger partial charge on any atom is -0.313 e. The highest BCUT2D eigenvalue weighted by Crippen LogP contribution is 2.17. The Bertz CT molecular complexity index is 497. The first kappa shape index (κ1) is 13.2. The molecule has 0 fully saturated rings. The third-order valence-electron chi connectivity index (χ3n) is 2.64. The van der Waals surface area contributed by atoms with Gasteiger partial charge in [-0.15, -0.1) is 0 Å². The van der Waals surface area contributed by atoms with Crippen LogP contribution in [-0.2, 0) is 13.0 Å². The van der Waals surface area contributed by atoms with E-state index in [0.717, 1.165) is 35.4 Å². The van der Waals surface area contributed by atoms with Crippen molar-refractivity contribution in [2.24, 2.45) is 0 Å². The van der Waals surface area contributed by atoms with E-state index in [1.165, 1.54) is 5.56 Å². The van der Waals surface area contributed by atoms with E-state index < -0.39 is 0 Å². The zero-order valence-corrected chi connectivity index (χ0v) is 11.9. The summed E-state index contributed by atoms with van der Waals surface area (Å²) in [7, 11) is 0. The van der Waals surface area contributed by atoms with Crippen LogP contribution in [0.2, 0.25) is 0 Å². The summed E-state index contributed by atoms with van der Waals surface area (Å²) < 4.78 is 1.10. The van der Waals surface area contributed by atoms with Crippen LogP contribution in [0, 0.1) is 0 Å². The fraction of sp³-hybridized carbons (Fsp3) is 0.286. The zero-order chi connectivity index (χ0) is 12.8. The van der Waals surface area contributed by atoms with Crippen molar-refractivity contribution in [1.82, 2.24) is 15.3 Å². The van der Waals surface area contributed by atoms with Crippen molar-refractivity contribution in [3.05, 3.63) is 58.1 Å². The molecule has 2 aromatic rings. The molecular formula is C14H16BrN3. The van der Waals surface area contributed by atoms with Gasteiger partial charge in [0.2, 0.25) is 0 Å². The van der Waals surface area contributed by atoms with Crippen LogP contribution in [0.15, 0.2) is 41.1 Å². The molecule has 0 spiro atoms. The fourth-order valence-corrected chi connectivity index (χ4v) is 2.07. The van der Waals surface area contributed by atoms with Crippen LogP contribution in [0.3, 0.4) is 0 Å². The van der Waals surface area contributed by atoms with E-state index in [1.54, 1.807) is 0 Å². The first-order chi connectivity index (χ1) is 8.79. The van der Waals surface area contributed by atoms with Crippen LogP contribution in [0.1, 0.15) is 23.9 Å². The molecule has 2 rings (SSSR count). The molecule has 0 bridgehead atoms. The zero-order valence-electron chi connectivity index (χ0n) is 10.4. The molecule has 1 heterocycles. The Morgan fingerprint density at radius 3 is 2.56 bits per heavy atom. The van der Waals surface area contributed by atoms with Gasteiger partial charge in [0.25, 0.3) is 0 Å². The quantitative estimate of drug-likeness (QED) is 0.923. The van der Waals surface area contributed by atoms with E-state index in [2.05, 4.69) is 44.2 Å². The largest absolute Gasteiger partial charge is 0.313 e. The lowest BCUT2D eigenvalue weighted by Gasteiger charge is -2.05. The number of nitrogens with zero attached hydrogens (tertiary/aromatic N) is 2. The summed E-state index contributed by atoms with van der Waals surface area (Å²) in [5.41, 5.74) is 2.32. The molecule has 0 aliphatic carbocycles. The second kappa shape index (κ2) is 6.61. The van der Waals surface area contributed by atoms with Crippen LogP contribution in [-0.4, -0.2) is 16.5 Å². The molecule has 0 atom stereocenters. The molecule has 0 unspecified atom stereocenters. The van der Waals surface area contributed by atoms with E-state index in [9.17, 15) is 0 Å². The minimum atomic E-state index is 0.753. The molecule has 0 saturated carbocycles. The number of benzene rings is 1. The number of hydrogen-bond donors (Lipinski definition) is 1. The van der Waals surface area contributed by atoms with Crippen LogP contribution in [0.4, 0.5) is 0 Å². The molecule has 0 aliphatic rings. The topological polar surface area (TPSA) is 37.8 Å². The molecule has 1 aromatic heterocycles. The van der Waals surface area contributed by atoms with E-state index in [1.807, 2.05) is 30.6 Å². The van der Waals surface area contributed by atoms with Crippen LogP contribution in [0.25, 0.3) is 0 Å². The van der Waals surface area contributed by atoms with Crippen molar-refractivity contribution < 1.29 is 0 Å². The first-order valence-electron chi connectivity index (χ1n) is 6.03. The fourth-order valence-electron chi connectivity index (χ4n) is 1.65. The maximum Gasteiger partial charge on any atom is 0.132 e. The third kappa shape index (κ3) is 3.62. The van der Waals surface area contributed by atoms with Crippen molar-refractivity contribution in [1.29, 1.82) is 0 Å². The number of aromatic nitrogens is 2. The molecule has 0 amide bonds. The van der Waals surface area contributed by atoms with Gasteiger partial charge in [0.1, 0.15) is 5.82 Å². The van der Waals surface area contributed by atoms with Gasteiger partial charge in [-0.05, 0) is 18.2 Å². The number of halogens is 1. The van der Waals surface area contributed by atoms with Gasteiger partial charge in [-0.2, -0.15) is 0 Å². The Morgan fingerprint density at radius 2 is 1.89 bits per heavy atom. The normalized spacial score (nSPS) is 10.6. The van der Waals surface area contributed by atoms with E-state index in [0.29, 0.717) is 0 Å². The minimum absolute atomic E-state index is 0.753. The van der Waals surface area contributed by atoms with Gasteiger partial charge in [-0.25, -0.2) is 9.97 Å². The van der Waals surface area contributed by atoms with Crippen LogP contribution < -0.4 is 5.32 Å². The second-order valence-corrected chi connectivity index (χ2v) is 4.91. The highest BCUT2D eigenvalue weighted by molar-refractivity contribution is 9.10. The van der Waals surface area contributed by atoms with Gasteiger partial charge in [-0.3, -0.25) is 0 Å². The molecule has 1 N–H and O–H groups in total. The molecule has 0 saturated heterocycles. The van der Waals surface area contributed by atoms with Gasteiger partial charge in [0.05, 0.1) is 0 Å². The van der Waals surface area contributed by atoms with Gasteiger partial charge in [0, 0.05) is 35.4 Å². The lowest BCUT2D eigenvalue weighted by Crippen LogP contribution is -2.12. The standard InChI is InChI=1S/C14H16BrN3/c1-2-16-8-11-9-17-14(18-10-11)7-12-5-3-4-6-13(12)15/h3-6,9-10,16H,2,7-8H2,1H3. The molecule has 94 valence electrons. The second-order valence-electron chi connectivity index (χ2n) is 4.06. The van der Waals surface area contributed by atoms with E-state index in [-0.39, 0.29) is 0 Å². The Morgan fingerprint density at radius 1 is 1.17 bits per heavy atom. The van der Waals surface area contributed by atoms with Crippen LogP contribution >= 0.6 is 15.9 Å². The summed E-state index contributed by atoms with van der Waals surface area (Å²) in [5, 5.41) is 3.26.